The van der Waals surface area contributed by atoms with Crippen LogP contribution in [0.4, 0.5) is 0 Å². The number of hydrogen-bond donors (Lipinski definition) is 0. The van der Waals surface area contributed by atoms with Crippen molar-refractivity contribution in [1.29, 1.82) is 0 Å². The van der Waals surface area contributed by atoms with E-state index in [0.29, 0.717) is 0 Å². The van der Waals surface area contributed by atoms with E-state index in [1.807, 2.05) is 30.7 Å². The third-order valence-corrected chi connectivity index (χ3v) is 3.58. The number of likely N-dealkylation sites (N-methyl/N-ethyl adjacent to an activating group) is 1. The van der Waals surface area contributed by atoms with Crippen LogP contribution in [-0.2, 0) is 0 Å². The summed E-state index contributed by atoms with van der Waals surface area (Å²) in [6.07, 6.45) is 0. The van der Waals surface area contributed by atoms with Crippen LogP contribution in [0.3, 0.4) is 0 Å². The molecule has 0 fully saturated rings. The molecule has 0 radical (unpaired) electrons. The smallest absolute Gasteiger partial charge is 0.183 e. The third kappa shape index (κ3) is 2.47. The molecule has 84 valence electrons. The molecule has 3 heteroatoms. The molecule has 0 saturated heterocycles. The van der Waals surface area contributed by atoms with Gasteiger partial charge in [0.2, 0.25) is 0 Å². The van der Waals surface area contributed by atoms with E-state index in [1.165, 1.54) is 0 Å². The third-order valence-electron chi connectivity index (χ3n) is 2.89. The number of carbonyl (C=O) groups excluding carboxylic acids is 1. The number of thiophene rings is 1. The van der Waals surface area contributed by atoms with Gasteiger partial charge >= 0.3 is 0 Å². The van der Waals surface area contributed by atoms with Gasteiger partial charge in [0.15, 0.2) is 5.78 Å². The second kappa shape index (κ2) is 4.90. The van der Waals surface area contributed by atoms with E-state index in [4.69, 9.17) is 0 Å². The Morgan fingerprint density at radius 3 is 2.40 bits per heavy atom. The fourth-order valence-corrected chi connectivity index (χ4v) is 2.54. The van der Waals surface area contributed by atoms with E-state index in [0.717, 1.165) is 18.7 Å². The van der Waals surface area contributed by atoms with Crippen LogP contribution in [0.1, 0.15) is 38.1 Å². The van der Waals surface area contributed by atoms with Gasteiger partial charge in [-0.15, -0.1) is 0 Å². The van der Waals surface area contributed by atoms with Crippen molar-refractivity contribution in [2.45, 2.75) is 33.2 Å². The lowest BCUT2D eigenvalue weighted by molar-refractivity contribution is 0.0669. The SMILES string of the molecule is CCN(CC)C(C)(C)C(=O)c1ccsc1. The zero-order valence-corrected chi connectivity index (χ0v) is 10.7. The zero-order valence-electron chi connectivity index (χ0n) is 9.91. The van der Waals surface area contributed by atoms with Gasteiger partial charge < -0.3 is 0 Å². The first-order chi connectivity index (χ1) is 7.04. The van der Waals surface area contributed by atoms with E-state index in [2.05, 4.69) is 18.7 Å². The molecular formula is C12H19NOS. The van der Waals surface area contributed by atoms with Crippen LogP contribution in [0.15, 0.2) is 16.8 Å². The van der Waals surface area contributed by atoms with Crippen LogP contribution < -0.4 is 0 Å². The normalized spacial score (nSPS) is 12.1. The standard InChI is InChI=1S/C12H19NOS/c1-5-13(6-2)12(3,4)11(14)10-7-8-15-9-10/h7-9H,5-6H2,1-4H3. The molecule has 1 rings (SSSR count). The average Bonchev–Trinajstić information content (AvgIpc) is 2.70. The van der Waals surface area contributed by atoms with Crippen molar-refractivity contribution < 1.29 is 4.79 Å². The molecule has 0 aromatic carbocycles. The van der Waals surface area contributed by atoms with Crippen molar-refractivity contribution in [2.24, 2.45) is 0 Å². The minimum Gasteiger partial charge on any atom is -0.292 e. The highest BCUT2D eigenvalue weighted by atomic mass is 32.1. The Morgan fingerprint density at radius 2 is 2.00 bits per heavy atom. The molecular weight excluding hydrogens is 206 g/mol. The first-order valence-corrected chi connectivity index (χ1v) is 6.30. The first kappa shape index (κ1) is 12.4. The first-order valence-electron chi connectivity index (χ1n) is 5.36. The second-order valence-corrected chi connectivity index (χ2v) is 4.85. The molecule has 1 aromatic rings. The molecule has 15 heavy (non-hydrogen) atoms. The second-order valence-electron chi connectivity index (χ2n) is 4.07. The highest BCUT2D eigenvalue weighted by molar-refractivity contribution is 7.08. The van der Waals surface area contributed by atoms with Gasteiger partial charge in [0.1, 0.15) is 0 Å². The molecule has 0 aliphatic heterocycles. The minimum atomic E-state index is -0.398. The lowest BCUT2D eigenvalue weighted by Gasteiger charge is -2.35. The van der Waals surface area contributed by atoms with Crippen LogP contribution in [0.5, 0.6) is 0 Å². The number of rotatable bonds is 5. The summed E-state index contributed by atoms with van der Waals surface area (Å²) in [6, 6.07) is 1.90. The average molecular weight is 225 g/mol. The quantitative estimate of drug-likeness (QED) is 0.718. The van der Waals surface area contributed by atoms with E-state index in [9.17, 15) is 4.79 Å². The summed E-state index contributed by atoms with van der Waals surface area (Å²) in [5.41, 5.74) is 0.432. The van der Waals surface area contributed by atoms with Crippen molar-refractivity contribution in [3.63, 3.8) is 0 Å². The molecule has 0 unspecified atom stereocenters. The monoisotopic (exact) mass is 225 g/mol. The van der Waals surface area contributed by atoms with Gasteiger partial charge in [-0.3, -0.25) is 9.69 Å². The van der Waals surface area contributed by atoms with Crippen molar-refractivity contribution in [3.05, 3.63) is 22.4 Å². The Morgan fingerprint density at radius 1 is 1.40 bits per heavy atom. The van der Waals surface area contributed by atoms with Crippen LogP contribution >= 0.6 is 11.3 Å². The molecule has 1 aromatic heterocycles. The highest BCUT2D eigenvalue weighted by Gasteiger charge is 2.33. The lowest BCUT2D eigenvalue weighted by atomic mass is 9.92. The van der Waals surface area contributed by atoms with E-state index in [1.54, 1.807) is 11.3 Å². The van der Waals surface area contributed by atoms with E-state index >= 15 is 0 Å². The van der Waals surface area contributed by atoms with Crippen molar-refractivity contribution in [1.82, 2.24) is 4.90 Å². The number of nitrogens with zero attached hydrogens (tertiary/aromatic N) is 1. The van der Waals surface area contributed by atoms with Gasteiger partial charge in [0.25, 0.3) is 0 Å². The number of ketones is 1. The Hall–Kier alpha value is -0.670. The Labute approximate surface area is 95.9 Å². The maximum absolute atomic E-state index is 12.3. The summed E-state index contributed by atoms with van der Waals surface area (Å²) < 4.78 is 0. The van der Waals surface area contributed by atoms with E-state index in [-0.39, 0.29) is 5.78 Å². The summed E-state index contributed by atoms with van der Waals surface area (Å²) in [4.78, 5) is 14.4. The molecule has 0 saturated carbocycles. The summed E-state index contributed by atoms with van der Waals surface area (Å²) in [5, 5.41) is 3.87. The number of hydrogen-bond acceptors (Lipinski definition) is 3. The zero-order chi connectivity index (χ0) is 11.5. The summed E-state index contributed by atoms with van der Waals surface area (Å²) in [6.45, 7) is 9.98. The summed E-state index contributed by atoms with van der Waals surface area (Å²) in [5.74, 6) is 0.215. The van der Waals surface area contributed by atoms with Gasteiger partial charge in [0.05, 0.1) is 5.54 Å². The molecule has 0 N–H and O–H groups in total. The Balaban J connectivity index is 2.90. The molecule has 2 nitrogen and oxygen atoms in total. The van der Waals surface area contributed by atoms with Gasteiger partial charge in [-0.25, -0.2) is 0 Å². The Bertz CT molecular complexity index is 312. The maximum Gasteiger partial charge on any atom is 0.183 e. The molecule has 0 aliphatic carbocycles. The topological polar surface area (TPSA) is 20.3 Å². The molecule has 0 atom stereocenters. The molecule has 0 spiro atoms. The van der Waals surface area contributed by atoms with Crippen molar-refractivity contribution in [2.75, 3.05) is 13.1 Å². The minimum absolute atomic E-state index is 0.215. The summed E-state index contributed by atoms with van der Waals surface area (Å²) in [7, 11) is 0. The van der Waals surface area contributed by atoms with Crippen LogP contribution in [-0.4, -0.2) is 29.3 Å². The molecule has 1 heterocycles. The number of carbonyl (C=O) groups is 1. The van der Waals surface area contributed by atoms with Crippen LogP contribution in [0, 0.1) is 0 Å². The number of Topliss-reactive ketones (excluding diaryl/α,β-unsaturated/α-hetero) is 1. The van der Waals surface area contributed by atoms with Gasteiger partial charge in [0, 0.05) is 10.9 Å². The Kier molecular flexibility index (Phi) is 4.05. The highest BCUT2D eigenvalue weighted by Crippen LogP contribution is 2.21. The fourth-order valence-electron chi connectivity index (χ4n) is 1.90. The van der Waals surface area contributed by atoms with Crippen molar-refractivity contribution >= 4 is 17.1 Å². The largest absolute Gasteiger partial charge is 0.292 e. The van der Waals surface area contributed by atoms with Crippen molar-refractivity contribution in [3.8, 4) is 0 Å². The molecule has 0 bridgehead atoms. The molecule has 0 aliphatic rings. The van der Waals surface area contributed by atoms with Gasteiger partial charge in [-0.2, -0.15) is 11.3 Å². The fraction of sp³-hybridized carbons (Fsp3) is 0.583. The van der Waals surface area contributed by atoms with Crippen LogP contribution in [0.2, 0.25) is 0 Å². The van der Waals surface area contributed by atoms with Crippen LogP contribution in [0.25, 0.3) is 0 Å². The van der Waals surface area contributed by atoms with E-state index < -0.39 is 5.54 Å². The predicted molar refractivity (Wildman–Crippen MR) is 65.6 cm³/mol. The lowest BCUT2D eigenvalue weighted by Crippen LogP contribution is -2.49. The maximum atomic E-state index is 12.3. The van der Waals surface area contributed by atoms with Gasteiger partial charge in [-0.1, -0.05) is 13.8 Å². The summed E-state index contributed by atoms with van der Waals surface area (Å²) >= 11 is 1.57. The predicted octanol–water partition coefficient (Wildman–Crippen LogP) is 3.05. The molecule has 0 amide bonds. The van der Waals surface area contributed by atoms with Gasteiger partial charge in [-0.05, 0) is 38.4 Å².